The minimum atomic E-state index is -2.93. The summed E-state index contributed by atoms with van der Waals surface area (Å²) in [5, 5.41) is 3.34. The topological polar surface area (TPSA) is 64.9 Å². The molecule has 0 bridgehead atoms. The average molecular weight is 261 g/mol. The fraction of sp³-hybridized carbons (Fsp3) is 0.200. The second kappa shape index (κ2) is 4.73. The number of nitrogens with two attached hydrogens (primary N) is 1. The van der Waals surface area contributed by atoms with Crippen molar-refractivity contribution in [3.8, 4) is 11.4 Å². The molecule has 8 heteroatoms. The van der Waals surface area contributed by atoms with Crippen LogP contribution in [0.1, 0.15) is 17.9 Å². The van der Waals surface area contributed by atoms with E-state index in [1.54, 1.807) is 0 Å². The van der Waals surface area contributed by atoms with E-state index >= 15 is 0 Å². The Bertz CT molecular complexity index is 570. The average Bonchev–Trinajstić information content (AvgIpc) is 2.80. The molecule has 0 spiro atoms. The smallest absolute Gasteiger partial charge is 0.263 e. The van der Waals surface area contributed by atoms with Crippen molar-refractivity contribution in [3.05, 3.63) is 35.2 Å². The Labute approximate surface area is 98.4 Å². The van der Waals surface area contributed by atoms with E-state index in [9.17, 15) is 17.6 Å². The maximum absolute atomic E-state index is 13.5. The van der Waals surface area contributed by atoms with Crippen LogP contribution in [-0.4, -0.2) is 10.1 Å². The first-order valence-electron chi connectivity index (χ1n) is 4.83. The predicted octanol–water partition coefficient (Wildman–Crippen LogP) is 2.41. The predicted molar refractivity (Wildman–Crippen MR) is 52.5 cm³/mol. The van der Waals surface area contributed by atoms with Crippen LogP contribution in [0, 0.1) is 11.6 Å². The van der Waals surface area contributed by atoms with Crippen LogP contribution in [0.15, 0.2) is 16.7 Å². The third-order valence-electron chi connectivity index (χ3n) is 2.19. The van der Waals surface area contributed by atoms with Gasteiger partial charge in [-0.2, -0.15) is 4.98 Å². The summed E-state index contributed by atoms with van der Waals surface area (Å²) in [7, 11) is 0. The largest absolute Gasteiger partial charge is 0.338 e. The molecule has 1 aromatic carbocycles. The van der Waals surface area contributed by atoms with Crippen molar-refractivity contribution < 1.29 is 22.1 Å². The van der Waals surface area contributed by atoms with Gasteiger partial charge in [0, 0.05) is 5.56 Å². The zero-order chi connectivity index (χ0) is 13.3. The van der Waals surface area contributed by atoms with Crippen LogP contribution in [0.4, 0.5) is 17.6 Å². The van der Waals surface area contributed by atoms with Gasteiger partial charge in [-0.1, -0.05) is 5.16 Å². The van der Waals surface area contributed by atoms with E-state index in [1.165, 1.54) is 0 Å². The molecule has 4 nitrogen and oxygen atoms in total. The van der Waals surface area contributed by atoms with Crippen molar-refractivity contribution in [1.82, 2.24) is 10.1 Å². The molecular formula is C10H7F4N3O. The van der Waals surface area contributed by atoms with E-state index in [-0.39, 0.29) is 18.3 Å². The lowest BCUT2D eigenvalue weighted by atomic mass is 10.1. The normalized spacial score (nSPS) is 11.2. The number of benzene rings is 1. The van der Waals surface area contributed by atoms with Gasteiger partial charge in [-0.25, -0.2) is 17.6 Å². The second-order valence-electron chi connectivity index (χ2n) is 3.38. The highest BCUT2D eigenvalue weighted by molar-refractivity contribution is 5.57. The van der Waals surface area contributed by atoms with Crippen LogP contribution in [0.2, 0.25) is 0 Å². The van der Waals surface area contributed by atoms with E-state index in [1.807, 2.05) is 0 Å². The molecule has 96 valence electrons. The summed E-state index contributed by atoms with van der Waals surface area (Å²) in [6, 6.07) is 1.20. The Morgan fingerprint density at radius 3 is 2.56 bits per heavy atom. The standard InChI is InChI=1S/C10H7F4N3O/c11-6-2-4(9(13)14)1-5(8(6)12)10-16-7(3-15)18-17-10/h1-2,9H,3,15H2. The first-order chi connectivity index (χ1) is 8.52. The van der Waals surface area contributed by atoms with Crippen LogP contribution in [0.25, 0.3) is 11.4 Å². The number of hydrogen-bond acceptors (Lipinski definition) is 4. The number of alkyl halides is 2. The molecule has 0 aliphatic rings. The molecule has 0 fully saturated rings. The minimum absolute atomic E-state index is 0.00717. The molecule has 2 rings (SSSR count). The van der Waals surface area contributed by atoms with Crippen molar-refractivity contribution >= 4 is 0 Å². The fourth-order valence-corrected chi connectivity index (χ4v) is 1.35. The SMILES string of the molecule is NCc1nc(-c2cc(C(F)F)cc(F)c2F)no1. The molecule has 0 unspecified atom stereocenters. The lowest BCUT2D eigenvalue weighted by Gasteiger charge is -2.04. The number of halogens is 4. The molecule has 0 aliphatic heterocycles. The summed E-state index contributed by atoms with van der Waals surface area (Å²) in [6.45, 7) is -0.0916. The molecule has 0 atom stereocenters. The van der Waals surface area contributed by atoms with Crippen molar-refractivity contribution in [2.45, 2.75) is 13.0 Å². The van der Waals surface area contributed by atoms with Gasteiger partial charge in [-0.05, 0) is 12.1 Å². The summed E-state index contributed by atoms with van der Waals surface area (Å²) in [5.74, 6) is -3.05. The number of aromatic nitrogens is 2. The Kier molecular flexibility index (Phi) is 3.28. The summed E-state index contributed by atoms with van der Waals surface area (Å²) in [5.41, 5.74) is 4.05. The maximum atomic E-state index is 13.5. The zero-order valence-electron chi connectivity index (χ0n) is 8.83. The molecule has 18 heavy (non-hydrogen) atoms. The van der Waals surface area contributed by atoms with Crippen LogP contribution in [0.5, 0.6) is 0 Å². The Balaban J connectivity index is 2.55. The molecule has 1 aromatic heterocycles. The van der Waals surface area contributed by atoms with Gasteiger partial charge in [0.1, 0.15) is 0 Å². The maximum Gasteiger partial charge on any atom is 0.263 e. The number of rotatable bonds is 3. The van der Waals surface area contributed by atoms with Gasteiger partial charge < -0.3 is 10.3 Å². The summed E-state index contributed by atoms with van der Waals surface area (Å²) < 4.78 is 56.2. The monoisotopic (exact) mass is 261 g/mol. The molecule has 0 amide bonds. The van der Waals surface area contributed by atoms with Gasteiger partial charge in [-0.3, -0.25) is 0 Å². The molecule has 0 aliphatic carbocycles. The minimum Gasteiger partial charge on any atom is -0.338 e. The van der Waals surface area contributed by atoms with Crippen LogP contribution < -0.4 is 5.73 Å². The van der Waals surface area contributed by atoms with Crippen LogP contribution in [-0.2, 0) is 6.54 Å². The lowest BCUT2D eigenvalue weighted by molar-refractivity contribution is 0.151. The van der Waals surface area contributed by atoms with E-state index in [0.717, 1.165) is 6.07 Å². The van der Waals surface area contributed by atoms with Gasteiger partial charge >= 0.3 is 0 Å². The highest BCUT2D eigenvalue weighted by Gasteiger charge is 2.20. The fourth-order valence-electron chi connectivity index (χ4n) is 1.35. The quantitative estimate of drug-likeness (QED) is 0.861. The van der Waals surface area contributed by atoms with Gasteiger partial charge in [0.25, 0.3) is 6.43 Å². The van der Waals surface area contributed by atoms with Crippen molar-refractivity contribution in [2.75, 3.05) is 0 Å². The second-order valence-corrected chi connectivity index (χ2v) is 3.38. The highest BCUT2D eigenvalue weighted by atomic mass is 19.3. The van der Waals surface area contributed by atoms with Crippen LogP contribution >= 0.6 is 0 Å². The molecule has 2 aromatic rings. The Morgan fingerprint density at radius 2 is 2.00 bits per heavy atom. The Morgan fingerprint density at radius 1 is 1.28 bits per heavy atom. The van der Waals surface area contributed by atoms with Gasteiger partial charge in [0.15, 0.2) is 11.6 Å². The van der Waals surface area contributed by atoms with Gasteiger partial charge in [-0.15, -0.1) is 0 Å². The first-order valence-corrected chi connectivity index (χ1v) is 4.83. The molecule has 0 radical (unpaired) electrons. The highest BCUT2D eigenvalue weighted by Crippen LogP contribution is 2.28. The van der Waals surface area contributed by atoms with Crippen molar-refractivity contribution in [1.29, 1.82) is 0 Å². The molecule has 0 saturated carbocycles. The van der Waals surface area contributed by atoms with Crippen LogP contribution in [0.3, 0.4) is 0 Å². The summed E-state index contributed by atoms with van der Waals surface area (Å²) in [6.07, 6.45) is -2.93. The summed E-state index contributed by atoms with van der Waals surface area (Å²) >= 11 is 0. The molecule has 2 N–H and O–H groups in total. The molecule has 0 saturated heterocycles. The first kappa shape index (κ1) is 12.5. The van der Waals surface area contributed by atoms with E-state index < -0.39 is 29.2 Å². The molecule has 1 heterocycles. The number of hydrogen-bond donors (Lipinski definition) is 1. The third-order valence-corrected chi connectivity index (χ3v) is 2.19. The summed E-state index contributed by atoms with van der Waals surface area (Å²) in [4.78, 5) is 3.65. The van der Waals surface area contributed by atoms with Crippen molar-refractivity contribution in [2.24, 2.45) is 5.73 Å². The van der Waals surface area contributed by atoms with E-state index in [2.05, 4.69) is 14.7 Å². The van der Waals surface area contributed by atoms with E-state index in [4.69, 9.17) is 5.73 Å². The zero-order valence-corrected chi connectivity index (χ0v) is 8.83. The van der Waals surface area contributed by atoms with Gasteiger partial charge in [0.2, 0.25) is 11.7 Å². The lowest BCUT2D eigenvalue weighted by Crippen LogP contribution is -1.98. The van der Waals surface area contributed by atoms with Crippen molar-refractivity contribution in [3.63, 3.8) is 0 Å². The number of nitrogens with zero attached hydrogens (tertiary/aromatic N) is 2. The van der Waals surface area contributed by atoms with E-state index in [0.29, 0.717) is 6.07 Å². The Hall–Kier alpha value is -1.96. The third kappa shape index (κ3) is 2.19. The molecular weight excluding hydrogens is 254 g/mol. The van der Waals surface area contributed by atoms with Gasteiger partial charge in [0.05, 0.1) is 12.1 Å².